The molecule has 3 rings (SSSR count). The Hall–Kier alpha value is -2.38. The van der Waals surface area contributed by atoms with Crippen molar-refractivity contribution in [3.63, 3.8) is 0 Å². The molecule has 1 fully saturated rings. The van der Waals surface area contributed by atoms with Gasteiger partial charge in [-0.05, 0) is 31.0 Å². The van der Waals surface area contributed by atoms with Crippen molar-refractivity contribution in [1.82, 2.24) is 14.5 Å². The van der Waals surface area contributed by atoms with E-state index in [0.717, 1.165) is 6.42 Å². The quantitative estimate of drug-likeness (QED) is 0.856. The Kier molecular flexibility index (Phi) is 6.13. The molecule has 2 aromatic carbocycles. The summed E-state index contributed by atoms with van der Waals surface area (Å²) in [6, 6.07) is 16.5. The summed E-state index contributed by atoms with van der Waals surface area (Å²) in [6.45, 7) is 4.00. The van der Waals surface area contributed by atoms with Crippen molar-refractivity contribution in [3.05, 3.63) is 65.7 Å². The number of benzene rings is 2. The van der Waals surface area contributed by atoms with Gasteiger partial charge >= 0.3 is 6.03 Å². The van der Waals surface area contributed by atoms with Crippen LogP contribution in [0.1, 0.15) is 11.1 Å². The third-order valence-corrected chi connectivity index (χ3v) is 6.63. The Morgan fingerprint density at radius 2 is 1.59 bits per heavy atom. The first kappa shape index (κ1) is 19.4. The zero-order valence-corrected chi connectivity index (χ0v) is 16.3. The van der Waals surface area contributed by atoms with Crippen LogP contribution in [0.2, 0.25) is 0 Å². The third kappa shape index (κ3) is 4.87. The number of sulfonamides is 1. The minimum absolute atomic E-state index is 0.140. The number of hydrogen-bond acceptors (Lipinski definition) is 3. The van der Waals surface area contributed by atoms with Gasteiger partial charge in [-0.3, -0.25) is 0 Å². The van der Waals surface area contributed by atoms with Crippen molar-refractivity contribution < 1.29 is 13.2 Å². The molecule has 1 saturated heterocycles. The standard InChI is InChI=1S/C20H25N3O3S/c1-17-7-9-18(10-8-17)11-12-21-20(24)22-13-15-23(16-14-22)27(25,26)19-5-3-2-4-6-19/h2-10H,11-16H2,1H3,(H,21,24). The molecule has 0 unspecified atom stereocenters. The predicted molar refractivity (Wildman–Crippen MR) is 105 cm³/mol. The number of rotatable bonds is 5. The largest absolute Gasteiger partial charge is 0.338 e. The molecule has 1 heterocycles. The van der Waals surface area contributed by atoms with Crippen molar-refractivity contribution in [1.29, 1.82) is 0 Å². The summed E-state index contributed by atoms with van der Waals surface area (Å²) in [5.74, 6) is 0. The maximum Gasteiger partial charge on any atom is 0.317 e. The van der Waals surface area contributed by atoms with Crippen LogP contribution in [0.3, 0.4) is 0 Å². The Balaban J connectivity index is 1.47. The van der Waals surface area contributed by atoms with Gasteiger partial charge < -0.3 is 10.2 Å². The van der Waals surface area contributed by atoms with Crippen molar-refractivity contribution >= 4 is 16.1 Å². The number of hydrogen-bond donors (Lipinski definition) is 1. The van der Waals surface area contributed by atoms with Crippen molar-refractivity contribution in [2.24, 2.45) is 0 Å². The summed E-state index contributed by atoms with van der Waals surface area (Å²) in [4.78, 5) is 14.3. The van der Waals surface area contributed by atoms with Crippen molar-refractivity contribution in [3.8, 4) is 0 Å². The Bertz CT molecular complexity index is 859. The van der Waals surface area contributed by atoms with Gasteiger partial charge in [-0.2, -0.15) is 4.31 Å². The van der Waals surface area contributed by atoms with E-state index in [1.54, 1.807) is 35.2 Å². The third-order valence-electron chi connectivity index (χ3n) is 4.72. The molecule has 2 amide bonds. The molecule has 1 aliphatic rings. The van der Waals surface area contributed by atoms with E-state index < -0.39 is 10.0 Å². The lowest BCUT2D eigenvalue weighted by atomic mass is 10.1. The molecule has 0 aliphatic carbocycles. The van der Waals surface area contributed by atoms with Crippen LogP contribution in [0.4, 0.5) is 4.79 Å². The predicted octanol–water partition coefficient (Wildman–Crippen LogP) is 2.25. The summed E-state index contributed by atoms with van der Waals surface area (Å²) in [5, 5.41) is 2.92. The second-order valence-corrected chi connectivity index (χ2v) is 8.61. The van der Waals surface area contributed by atoms with Crippen LogP contribution in [-0.4, -0.2) is 56.4 Å². The highest BCUT2D eigenvalue weighted by Gasteiger charge is 2.29. The van der Waals surface area contributed by atoms with Crippen molar-refractivity contribution in [2.45, 2.75) is 18.2 Å². The minimum Gasteiger partial charge on any atom is -0.338 e. The maximum atomic E-state index is 12.6. The van der Waals surface area contributed by atoms with Gasteiger partial charge in [-0.1, -0.05) is 48.0 Å². The van der Waals surface area contributed by atoms with Gasteiger partial charge in [0.2, 0.25) is 10.0 Å². The molecule has 0 saturated carbocycles. The molecule has 1 aliphatic heterocycles. The number of amides is 2. The molecule has 0 atom stereocenters. The van der Waals surface area contributed by atoms with E-state index in [4.69, 9.17) is 0 Å². The van der Waals surface area contributed by atoms with E-state index in [1.807, 2.05) is 6.92 Å². The number of piperazine rings is 1. The van der Waals surface area contributed by atoms with Gasteiger partial charge in [0.1, 0.15) is 0 Å². The fourth-order valence-corrected chi connectivity index (χ4v) is 4.50. The van der Waals surface area contributed by atoms with E-state index in [2.05, 4.69) is 29.6 Å². The van der Waals surface area contributed by atoms with Crippen LogP contribution >= 0.6 is 0 Å². The Morgan fingerprint density at radius 3 is 2.22 bits per heavy atom. The Morgan fingerprint density at radius 1 is 0.963 bits per heavy atom. The van der Waals surface area contributed by atoms with Crippen LogP contribution in [-0.2, 0) is 16.4 Å². The average Bonchev–Trinajstić information content (AvgIpc) is 2.70. The molecule has 6 nitrogen and oxygen atoms in total. The second-order valence-electron chi connectivity index (χ2n) is 6.67. The van der Waals surface area contributed by atoms with E-state index in [0.29, 0.717) is 37.6 Å². The normalized spacial score (nSPS) is 15.5. The van der Waals surface area contributed by atoms with Crippen LogP contribution in [0.25, 0.3) is 0 Å². The van der Waals surface area contributed by atoms with Crippen molar-refractivity contribution in [2.75, 3.05) is 32.7 Å². The van der Waals surface area contributed by atoms with E-state index in [9.17, 15) is 13.2 Å². The first-order valence-corrected chi connectivity index (χ1v) is 10.5. The van der Waals surface area contributed by atoms with Gasteiger partial charge in [-0.15, -0.1) is 0 Å². The summed E-state index contributed by atoms with van der Waals surface area (Å²) in [5.41, 5.74) is 2.39. The van der Waals surface area contributed by atoms with Gasteiger partial charge in [0.05, 0.1) is 4.90 Å². The molecule has 7 heteroatoms. The highest BCUT2D eigenvalue weighted by molar-refractivity contribution is 7.89. The monoisotopic (exact) mass is 387 g/mol. The van der Waals surface area contributed by atoms with Gasteiger partial charge in [0.25, 0.3) is 0 Å². The van der Waals surface area contributed by atoms with Crippen LogP contribution in [0, 0.1) is 6.92 Å². The minimum atomic E-state index is -3.49. The van der Waals surface area contributed by atoms with E-state index >= 15 is 0 Å². The zero-order chi connectivity index (χ0) is 19.3. The maximum absolute atomic E-state index is 12.6. The molecule has 1 N–H and O–H groups in total. The number of nitrogens with one attached hydrogen (secondary N) is 1. The fourth-order valence-electron chi connectivity index (χ4n) is 3.05. The first-order valence-electron chi connectivity index (χ1n) is 9.10. The number of nitrogens with zero attached hydrogens (tertiary/aromatic N) is 2. The summed E-state index contributed by atoms with van der Waals surface area (Å²) >= 11 is 0. The van der Waals surface area contributed by atoms with E-state index in [1.165, 1.54) is 15.4 Å². The SMILES string of the molecule is Cc1ccc(CCNC(=O)N2CCN(S(=O)(=O)c3ccccc3)CC2)cc1. The molecule has 0 aromatic heterocycles. The highest BCUT2D eigenvalue weighted by Crippen LogP contribution is 2.17. The topological polar surface area (TPSA) is 69.7 Å². The number of carbonyl (C=O) groups excluding carboxylic acids is 1. The average molecular weight is 388 g/mol. The molecule has 0 radical (unpaired) electrons. The summed E-state index contributed by atoms with van der Waals surface area (Å²) in [7, 11) is -3.49. The van der Waals surface area contributed by atoms with Gasteiger partial charge in [-0.25, -0.2) is 13.2 Å². The lowest BCUT2D eigenvalue weighted by Gasteiger charge is -2.34. The lowest BCUT2D eigenvalue weighted by Crippen LogP contribution is -2.53. The molecule has 2 aromatic rings. The fraction of sp³-hybridized carbons (Fsp3) is 0.350. The number of carbonyl (C=O) groups is 1. The van der Waals surface area contributed by atoms with E-state index in [-0.39, 0.29) is 6.03 Å². The summed E-state index contributed by atoms with van der Waals surface area (Å²) in [6.07, 6.45) is 0.772. The van der Waals surface area contributed by atoms with Crippen LogP contribution < -0.4 is 5.32 Å². The van der Waals surface area contributed by atoms with Gasteiger partial charge in [0, 0.05) is 32.7 Å². The number of aryl methyl sites for hydroxylation is 1. The first-order chi connectivity index (χ1) is 13.0. The number of urea groups is 1. The molecule has 27 heavy (non-hydrogen) atoms. The Labute approximate surface area is 160 Å². The highest BCUT2D eigenvalue weighted by atomic mass is 32.2. The molecule has 0 spiro atoms. The zero-order valence-electron chi connectivity index (χ0n) is 15.5. The molecular weight excluding hydrogens is 362 g/mol. The molecule has 0 bridgehead atoms. The lowest BCUT2D eigenvalue weighted by molar-refractivity contribution is 0.172. The smallest absolute Gasteiger partial charge is 0.317 e. The molecule has 144 valence electrons. The van der Waals surface area contributed by atoms with Crippen LogP contribution in [0.5, 0.6) is 0 Å². The second kappa shape index (κ2) is 8.54. The summed E-state index contributed by atoms with van der Waals surface area (Å²) < 4.78 is 26.7. The van der Waals surface area contributed by atoms with Crippen LogP contribution in [0.15, 0.2) is 59.5 Å². The molecular formula is C20H25N3O3S. The van der Waals surface area contributed by atoms with Gasteiger partial charge in [0.15, 0.2) is 0 Å².